The lowest BCUT2D eigenvalue weighted by atomic mass is 9.68. The number of rotatable bonds is 5. The third-order valence-electron chi connectivity index (χ3n) is 7.87. The van der Waals surface area contributed by atoms with Crippen molar-refractivity contribution in [3.8, 4) is 0 Å². The number of hydrogen-bond acceptors (Lipinski definition) is 4. The zero-order chi connectivity index (χ0) is 18.9. The molecule has 2 bridgehead atoms. The van der Waals surface area contributed by atoms with Gasteiger partial charge in [-0.05, 0) is 69.7 Å². The minimum absolute atomic E-state index is 0.433. The molecule has 0 aromatic heterocycles. The molecule has 1 amide bonds. The molecule has 0 N–H and O–H groups in total. The van der Waals surface area contributed by atoms with Crippen LogP contribution in [-0.4, -0.2) is 58.4 Å². The maximum Gasteiger partial charge on any atom is 0.223 e. The van der Waals surface area contributed by atoms with Crippen molar-refractivity contribution < 1.29 is 4.79 Å². The van der Waals surface area contributed by atoms with Crippen LogP contribution in [0.15, 0.2) is 11.6 Å². The summed E-state index contributed by atoms with van der Waals surface area (Å²) in [7, 11) is 4.10. The summed E-state index contributed by atoms with van der Waals surface area (Å²) < 4.78 is 0. The van der Waals surface area contributed by atoms with Crippen LogP contribution in [0.3, 0.4) is 0 Å². The highest BCUT2D eigenvalue weighted by atomic mass is 33.1. The normalized spacial score (nSPS) is 37.9. The minimum atomic E-state index is 0.433. The first kappa shape index (κ1) is 19.8. The van der Waals surface area contributed by atoms with Crippen LogP contribution in [0.1, 0.15) is 70.6 Å². The van der Waals surface area contributed by atoms with Gasteiger partial charge < -0.3 is 4.90 Å². The van der Waals surface area contributed by atoms with Gasteiger partial charge in [-0.15, -0.1) is 0 Å². The van der Waals surface area contributed by atoms with Crippen molar-refractivity contribution in [2.75, 3.05) is 25.4 Å². The third kappa shape index (κ3) is 4.05. The number of piperidine rings is 3. The summed E-state index contributed by atoms with van der Waals surface area (Å²) in [5, 5.41) is 0.847. The second-order valence-corrected chi connectivity index (χ2v) is 12.5. The molecule has 5 rings (SSSR count). The standard InChI is InChI=1S/C23H36N2OS2/c26-22(9-2-1-7-20-10-13-27-28-20)25-12-5-6-17-14-18-15-19(23(17)25)16-24-11-4-3-8-21(18)24/h14,18-21,23H,1-13,15-16H2/t18-,19+,20+,21-,23+/m0/s1. The summed E-state index contributed by atoms with van der Waals surface area (Å²) in [5.41, 5.74) is 1.63. The quantitative estimate of drug-likeness (QED) is 0.350. The van der Waals surface area contributed by atoms with Crippen LogP contribution >= 0.6 is 21.6 Å². The van der Waals surface area contributed by atoms with E-state index >= 15 is 0 Å². The summed E-state index contributed by atoms with van der Waals surface area (Å²) in [6.45, 7) is 3.53. The Labute approximate surface area is 178 Å². The molecule has 4 heterocycles. The molecule has 5 atom stereocenters. The van der Waals surface area contributed by atoms with Crippen LogP contribution in [0, 0.1) is 11.8 Å². The SMILES string of the molecule is O=C(CCCC[C@@H]1CCSS1)N1CCCC2=C[C@H]3C[C@H](CN4CCCC[C@@H]34)[C@@H]21. The number of fused-ring (bicyclic) bond motifs is 6. The first-order valence-electron chi connectivity index (χ1n) is 11.8. The maximum absolute atomic E-state index is 13.2. The topological polar surface area (TPSA) is 23.6 Å². The Hall–Kier alpha value is -0.130. The maximum atomic E-state index is 13.2. The Morgan fingerprint density at radius 3 is 3.00 bits per heavy atom. The van der Waals surface area contributed by atoms with E-state index in [-0.39, 0.29) is 0 Å². The van der Waals surface area contributed by atoms with Crippen molar-refractivity contribution in [2.45, 2.75) is 88.0 Å². The van der Waals surface area contributed by atoms with Crippen molar-refractivity contribution in [1.29, 1.82) is 0 Å². The molecule has 0 aromatic carbocycles. The number of nitrogens with zero attached hydrogens (tertiary/aromatic N) is 2. The molecule has 5 heteroatoms. The number of amides is 1. The smallest absolute Gasteiger partial charge is 0.223 e. The van der Waals surface area contributed by atoms with Crippen LogP contribution in [0.4, 0.5) is 0 Å². The van der Waals surface area contributed by atoms with E-state index in [1.165, 1.54) is 76.6 Å². The van der Waals surface area contributed by atoms with Crippen LogP contribution in [0.2, 0.25) is 0 Å². The third-order valence-corrected chi connectivity index (χ3v) is 10.9. The zero-order valence-electron chi connectivity index (χ0n) is 17.2. The fourth-order valence-electron chi connectivity index (χ4n) is 6.61. The van der Waals surface area contributed by atoms with Gasteiger partial charge in [0, 0.05) is 36.6 Å². The van der Waals surface area contributed by atoms with Crippen molar-refractivity contribution in [1.82, 2.24) is 9.80 Å². The summed E-state index contributed by atoms with van der Waals surface area (Å²) in [5.74, 6) is 3.22. The van der Waals surface area contributed by atoms with Gasteiger partial charge in [0.15, 0.2) is 0 Å². The molecule has 4 fully saturated rings. The van der Waals surface area contributed by atoms with Gasteiger partial charge in [-0.2, -0.15) is 0 Å². The molecule has 1 aliphatic carbocycles. The van der Waals surface area contributed by atoms with Crippen LogP contribution < -0.4 is 0 Å². The van der Waals surface area contributed by atoms with Gasteiger partial charge in [0.05, 0.1) is 6.04 Å². The first-order chi connectivity index (χ1) is 13.8. The first-order valence-corrected chi connectivity index (χ1v) is 14.2. The zero-order valence-corrected chi connectivity index (χ0v) is 18.8. The average molecular weight is 421 g/mol. The largest absolute Gasteiger partial charge is 0.336 e. The molecular formula is C23H36N2OS2. The molecule has 0 saturated carbocycles. The average Bonchev–Trinajstić information content (AvgIpc) is 3.24. The Morgan fingerprint density at radius 2 is 2.11 bits per heavy atom. The van der Waals surface area contributed by atoms with E-state index in [1.54, 1.807) is 5.57 Å². The van der Waals surface area contributed by atoms with Gasteiger partial charge in [0.2, 0.25) is 5.91 Å². The Morgan fingerprint density at radius 1 is 1.14 bits per heavy atom. The summed E-state index contributed by atoms with van der Waals surface area (Å²) in [6, 6.07) is 1.23. The number of unbranched alkanes of at least 4 members (excludes halogenated alkanes) is 1. The van der Waals surface area contributed by atoms with E-state index in [0.29, 0.717) is 17.9 Å². The van der Waals surface area contributed by atoms with Gasteiger partial charge in [-0.25, -0.2) is 0 Å². The Balaban J connectivity index is 1.21. The van der Waals surface area contributed by atoms with Gasteiger partial charge >= 0.3 is 0 Å². The summed E-state index contributed by atoms with van der Waals surface area (Å²) in [4.78, 5) is 18.3. The highest BCUT2D eigenvalue weighted by Crippen LogP contribution is 2.45. The van der Waals surface area contributed by atoms with E-state index in [2.05, 4.69) is 26.7 Å². The number of likely N-dealkylation sites (tertiary alicyclic amines) is 1. The summed E-state index contributed by atoms with van der Waals surface area (Å²) in [6.07, 6.45) is 16.3. The molecule has 4 aliphatic heterocycles. The monoisotopic (exact) mass is 420 g/mol. The fourth-order valence-corrected chi connectivity index (χ4v) is 9.64. The lowest BCUT2D eigenvalue weighted by Gasteiger charge is -2.54. The summed E-state index contributed by atoms with van der Waals surface area (Å²) >= 11 is 0. The molecule has 0 aromatic rings. The molecule has 0 radical (unpaired) electrons. The molecule has 3 nitrogen and oxygen atoms in total. The lowest BCUT2D eigenvalue weighted by Crippen LogP contribution is -2.60. The van der Waals surface area contributed by atoms with Gasteiger partial charge in [-0.3, -0.25) is 9.69 Å². The highest BCUT2D eigenvalue weighted by molar-refractivity contribution is 8.77. The Bertz CT molecular complexity index is 603. The molecule has 0 unspecified atom stereocenters. The van der Waals surface area contributed by atoms with Gasteiger partial charge in [0.25, 0.3) is 0 Å². The van der Waals surface area contributed by atoms with E-state index < -0.39 is 0 Å². The van der Waals surface area contributed by atoms with Crippen LogP contribution in [0.5, 0.6) is 0 Å². The molecular weight excluding hydrogens is 384 g/mol. The number of carbonyl (C=O) groups excluding carboxylic acids is 1. The van der Waals surface area contributed by atoms with Gasteiger partial charge in [-0.1, -0.05) is 46.1 Å². The lowest BCUT2D eigenvalue weighted by molar-refractivity contribution is -0.136. The predicted molar refractivity (Wildman–Crippen MR) is 121 cm³/mol. The Kier molecular flexibility index (Phi) is 6.32. The fraction of sp³-hybridized carbons (Fsp3) is 0.870. The van der Waals surface area contributed by atoms with Crippen LogP contribution in [0.25, 0.3) is 0 Å². The second kappa shape index (κ2) is 8.93. The predicted octanol–water partition coefficient (Wildman–Crippen LogP) is 5.12. The van der Waals surface area contributed by atoms with Crippen molar-refractivity contribution in [3.05, 3.63) is 11.6 Å². The molecule has 156 valence electrons. The number of carbonyl (C=O) groups is 1. The highest BCUT2D eigenvalue weighted by Gasteiger charge is 2.46. The molecule has 4 saturated heterocycles. The molecule has 5 aliphatic rings. The van der Waals surface area contributed by atoms with E-state index in [4.69, 9.17) is 0 Å². The van der Waals surface area contributed by atoms with Crippen molar-refractivity contribution in [3.63, 3.8) is 0 Å². The van der Waals surface area contributed by atoms with Crippen molar-refractivity contribution >= 4 is 27.5 Å². The number of hydrogen-bond donors (Lipinski definition) is 0. The van der Waals surface area contributed by atoms with Crippen LogP contribution in [-0.2, 0) is 4.79 Å². The van der Waals surface area contributed by atoms with E-state index in [9.17, 15) is 4.79 Å². The molecule has 28 heavy (non-hydrogen) atoms. The minimum Gasteiger partial charge on any atom is -0.336 e. The second-order valence-electron chi connectivity index (χ2n) is 9.67. The van der Waals surface area contributed by atoms with Crippen molar-refractivity contribution in [2.24, 2.45) is 11.8 Å². The molecule has 0 spiro atoms. The van der Waals surface area contributed by atoms with Gasteiger partial charge in [0.1, 0.15) is 0 Å². The van der Waals surface area contributed by atoms with E-state index in [1.807, 2.05) is 10.8 Å². The van der Waals surface area contributed by atoms with E-state index in [0.717, 1.165) is 36.6 Å².